The summed E-state index contributed by atoms with van der Waals surface area (Å²) in [6, 6.07) is 8.16. The Morgan fingerprint density at radius 3 is 2.52 bits per heavy atom. The van der Waals surface area contributed by atoms with Crippen LogP contribution in [0.15, 0.2) is 24.3 Å². The van der Waals surface area contributed by atoms with Crippen molar-refractivity contribution in [2.45, 2.75) is 46.1 Å². The Kier molecular flexibility index (Phi) is 5.15. The minimum atomic E-state index is -0.201. The Bertz CT molecular complexity index is 714. The number of aromatic nitrogens is 2. The first-order valence-corrected chi connectivity index (χ1v) is 8.21. The van der Waals surface area contributed by atoms with Crippen LogP contribution in [0, 0.1) is 0 Å². The molecule has 1 aromatic carbocycles. The molecule has 1 N–H and O–H groups in total. The summed E-state index contributed by atoms with van der Waals surface area (Å²) in [4.78, 5) is 12.5. The van der Waals surface area contributed by atoms with Crippen molar-refractivity contribution in [1.29, 1.82) is 0 Å². The highest BCUT2D eigenvalue weighted by atomic mass is 35.5. The van der Waals surface area contributed by atoms with Gasteiger partial charge in [0.1, 0.15) is 5.69 Å². The number of hydrogen-bond donors (Lipinski definition) is 1. The Balaban J connectivity index is 2.20. The van der Waals surface area contributed by atoms with Crippen molar-refractivity contribution < 1.29 is 4.79 Å². The van der Waals surface area contributed by atoms with Gasteiger partial charge in [0.25, 0.3) is 5.91 Å². The van der Waals surface area contributed by atoms with E-state index in [1.807, 2.05) is 25.1 Å². The summed E-state index contributed by atoms with van der Waals surface area (Å²) < 4.78 is 1.55. The number of amides is 1. The second-order valence-electron chi connectivity index (χ2n) is 6.68. The Labute approximate surface area is 142 Å². The maximum atomic E-state index is 12.5. The fraction of sp³-hybridized carbons (Fsp3) is 0.444. The van der Waals surface area contributed by atoms with Crippen molar-refractivity contribution in [3.8, 4) is 0 Å². The van der Waals surface area contributed by atoms with Crippen molar-refractivity contribution in [3.63, 3.8) is 0 Å². The van der Waals surface area contributed by atoms with Crippen molar-refractivity contribution >= 4 is 17.5 Å². The summed E-state index contributed by atoms with van der Waals surface area (Å²) in [7, 11) is 1.74. The molecular formula is C18H24ClN3O. The molecule has 0 radical (unpaired) electrons. The van der Waals surface area contributed by atoms with Crippen molar-refractivity contribution in [2.24, 2.45) is 7.05 Å². The fourth-order valence-electron chi connectivity index (χ4n) is 2.69. The van der Waals surface area contributed by atoms with Crippen LogP contribution in [0.3, 0.4) is 0 Å². The van der Waals surface area contributed by atoms with Gasteiger partial charge in [-0.2, -0.15) is 5.10 Å². The first-order chi connectivity index (χ1) is 10.8. The summed E-state index contributed by atoms with van der Waals surface area (Å²) in [5.74, 6) is -0.201. The lowest BCUT2D eigenvalue weighted by molar-refractivity contribution is 0.0941. The van der Waals surface area contributed by atoms with Crippen LogP contribution in [-0.2, 0) is 25.4 Å². The largest absolute Gasteiger partial charge is 0.347 e. The summed E-state index contributed by atoms with van der Waals surface area (Å²) in [5, 5.41) is 7.69. The second kappa shape index (κ2) is 6.75. The second-order valence-corrected chi connectivity index (χ2v) is 7.05. The zero-order valence-electron chi connectivity index (χ0n) is 14.4. The molecular weight excluding hydrogens is 310 g/mol. The van der Waals surface area contributed by atoms with Gasteiger partial charge in [0, 0.05) is 13.6 Å². The van der Waals surface area contributed by atoms with Gasteiger partial charge in [-0.05, 0) is 23.0 Å². The van der Waals surface area contributed by atoms with Gasteiger partial charge in [0.2, 0.25) is 0 Å². The number of nitrogens with one attached hydrogen (secondary N) is 1. The van der Waals surface area contributed by atoms with Crippen LogP contribution in [0.2, 0.25) is 5.02 Å². The lowest BCUT2D eigenvalue weighted by atomic mass is 9.84. The molecule has 1 heterocycles. The lowest BCUT2D eigenvalue weighted by Gasteiger charge is -2.23. The standard InChI is InChI=1S/C18H24ClN3O/c1-6-14-15(19)16(22(5)21-14)17(23)20-11-12-9-7-8-10-13(12)18(2,3)4/h7-10H,6,11H2,1-5H3,(H,20,23). The van der Waals surface area contributed by atoms with E-state index in [0.29, 0.717) is 23.7 Å². The molecule has 0 bridgehead atoms. The predicted octanol–water partition coefficient (Wildman–Crippen LogP) is 3.86. The van der Waals surface area contributed by atoms with E-state index in [2.05, 4.69) is 37.3 Å². The van der Waals surface area contributed by atoms with Crippen LogP contribution >= 0.6 is 11.6 Å². The van der Waals surface area contributed by atoms with Gasteiger partial charge in [-0.15, -0.1) is 0 Å². The van der Waals surface area contributed by atoms with Gasteiger partial charge >= 0.3 is 0 Å². The molecule has 0 unspecified atom stereocenters. The summed E-state index contributed by atoms with van der Waals surface area (Å²) >= 11 is 6.27. The van der Waals surface area contributed by atoms with Crippen molar-refractivity contribution in [3.05, 3.63) is 51.8 Å². The number of rotatable bonds is 4. The van der Waals surface area contributed by atoms with Gasteiger partial charge in [-0.25, -0.2) is 0 Å². The third-order valence-electron chi connectivity index (χ3n) is 3.87. The van der Waals surface area contributed by atoms with Crippen LogP contribution in [0.1, 0.15) is 55.0 Å². The third kappa shape index (κ3) is 3.75. The molecule has 2 rings (SSSR count). The molecule has 0 aliphatic carbocycles. The van der Waals surface area contributed by atoms with Gasteiger partial charge in [0.15, 0.2) is 0 Å². The molecule has 0 atom stereocenters. The molecule has 5 heteroatoms. The van der Waals surface area contributed by atoms with Gasteiger partial charge in [-0.3, -0.25) is 9.48 Å². The number of carbonyl (C=O) groups is 1. The highest BCUT2D eigenvalue weighted by Crippen LogP contribution is 2.26. The monoisotopic (exact) mass is 333 g/mol. The maximum absolute atomic E-state index is 12.5. The first kappa shape index (κ1) is 17.5. The van der Waals surface area contributed by atoms with Crippen molar-refractivity contribution in [2.75, 3.05) is 0 Å². The molecule has 0 aliphatic heterocycles. The minimum Gasteiger partial charge on any atom is -0.347 e. The number of aryl methyl sites for hydroxylation is 2. The molecule has 4 nitrogen and oxygen atoms in total. The Hall–Kier alpha value is -1.81. The molecule has 0 aliphatic rings. The molecule has 1 aromatic heterocycles. The number of benzene rings is 1. The lowest BCUT2D eigenvalue weighted by Crippen LogP contribution is -2.27. The zero-order chi connectivity index (χ0) is 17.2. The average molecular weight is 334 g/mol. The highest BCUT2D eigenvalue weighted by molar-refractivity contribution is 6.34. The van der Waals surface area contributed by atoms with Crippen LogP contribution < -0.4 is 5.32 Å². The quantitative estimate of drug-likeness (QED) is 0.923. The predicted molar refractivity (Wildman–Crippen MR) is 93.9 cm³/mol. The highest BCUT2D eigenvalue weighted by Gasteiger charge is 2.21. The topological polar surface area (TPSA) is 46.9 Å². The van der Waals surface area contributed by atoms with Gasteiger partial charge in [-0.1, -0.05) is 63.6 Å². The molecule has 0 saturated heterocycles. The zero-order valence-corrected chi connectivity index (χ0v) is 15.2. The number of carbonyl (C=O) groups excluding carboxylic acids is 1. The van der Waals surface area contributed by atoms with Crippen LogP contribution in [0.5, 0.6) is 0 Å². The van der Waals surface area contributed by atoms with E-state index in [1.54, 1.807) is 11.7 Å². The molecule has 2 aromatic rings. The summed E-state index contributed by atoms with van der Waals surface area (Å²) in [6.45, 7) is 8.93. The molecule has 1 amide bonds. The van der Waals surface area contributed by atoms with E-state index in [-0.39, 0.29) is 11.3 Å². The van der Waals surface area contributed by atoms with Gasteiger partial charge in [0.05, 0.1) is 10.7 Å². The van der Waals surface area contributed by atoms with E-state index in [9.17, 15) is 4.79 Å². The fourth-order valence-corrected chi connectivity index (χ4v) is 3.07. The summed E-state index contributed by atoms with van der Waals surface area (Å²) in [5.41, 5.74) is 3.53. The first-order valence-electron chi connectivity index (χ1n) is 7.83. The number of hydrogen-bond acceptors (Lipinski definition) is 2. The summed E-state index contributed by atoms with van der Waals surface area (Å²) in [6.07, 6.45) is 0.701. The van der Waals surface area contributed by atoms with Gasteiger partial charge < -0.3 is 5.32 Å². The van der Waals surface area contributed by atoms with E-state index < -0.39 is 0 Å². The third-order valence-corrected chi connectivity index (χ3v) is 4.27. The Morgan fingerprint density at radius 1 is 1.30 bits per heavy atom. The molecule has 23 heavy (non-hydrogen) atoms. The SMILES string of the molecule is CCc1nn(C)c(C(=O)NCc2ccccc2C(C)(C)C)c1Cl. The van der Waals surface area contributed by atoms with Crippen LogP contribution in [0.25, 0.3) is 0 Å². The minimum absolute atomic E-state index is 0.0286. The number of halogens is 1. The molecule has 0 saturated carbocycles. The average Bonchev–Trinajstić information content (AvgIpc) is 2.78. The maximum Gasteiger partial charge on any atom is 0.271 e. The van der Waals surface area contributed by atoms with Crippen molar-refractivity contribution in [1.82, 2.24) is 15.1 Å². The normalized spacial score (nSPS) is 11.6. The van der Waals surface area contributed by atoms with E-state index in [4.69, 9.17) is 11.6 Å². The Morgan fingerprint density at radius 2 is 1.96 bits per heavy atom. The molecule has 0 spiro atoms. The number of nitrogens with zero attached hydrogens (tertiary/aromatic N) is 2. The van der Waals surface area contributed by atoms with Crippen LogP contribution in [0.4, 0.5) is 0 Å². The molecule has 0 fully saturated rings. The van der Waals surface area contributed by atoms with E-state index >= 15 is 0 Å². The van der Waals surface area contributed by atoms with E-state index in [1.165, 1.54) is 5.56 Å². The van der Waals surface area contributed by atoms with Crippen LogP contribution in [-0.4, -0.2) is 15.7 Å². The molecule has 124 valence electrons. The van der Waals surface area contributed by atoms with E-state index in [0.717, 1.165) is 11.3 Å². The smallest absolute Gasteiger partial charge is 0.271 e.